The fraction of sp³-hybridized carbons (Fsp3) is 0.316. The maximum absolute atomic E-state index is 12.7. The monoisotopic (exact) mass is 423 g/mol. The molecule has 2 aromatic rings. The second-order valence-electron chi connectivity index (χ2n) is 6.46. The lowest BCUT2D eigenvalue weighted by atomic mass is 10.2. The summed E-state index contributed by atoms with van der Waals surface area (Å²) in [7, 11) is -3.95. The zero-order chi connectivity index (χ0) is 20.1. The lowest BCUT2D eigenvalue weighted by Gasteiger charge is -2.37. The standard InChI is InChI=1S/C19H22ClN3O4S/c20-15-6-8-17(9-7-15)28(26,27)21-18(14-24)19(25)23-12-10-22(11-13-23)16-4-2-1-3-5-16/h1-9,18,21,24H,10-14H2/t18-/m0/s1. The lowest BCUT2D eigenvalue weighted by molar-refractivity contribution is -0.134. The van der Waals surface area contributed by atoms with Crippen molar-refractivity contribution in [2.45, 2.75) is 10.9 Å². The molecule has 1 saturated heterocycles. The Morgan fingerprint density at radius 2 is 1.64 bits per heavy atom. The number of anilines is 1. The molecule has 1 fully saturated rings. The van der Waals surface area contributed by atoms with Crippen molar-refractivity contribution >= 4 is 33.2 Å². The molecule has 9 heteroatoms. The van der Waals surface area contributed by atoms with Crippen molar-refractivity contribution in [3.8, 4) is 0 Å². The number of nitrogens with zero attached hydrogens (tertiary/aromatic N) is 2. The van der Waals surface area contributed by atoms with Gasteiger partial charge >= 0.3 is 0 Å². The Balaban J connectivity index is 1.63. The molecule has 1 atom stereocenters. The van der Waals surface area contributed by atoms with E-state index < -0.39 is 28.6 Å². The summed E-state index contributed by atoms with van der Waals surface area (Å²) in [5.74, 6) is -0.437. The van der Waals surface area contributed by atoms with Crippen LogP contribution in [0, 0.1) is 0 Å². The quantitative estimate of drug-likeness (QED) is 0.731. The van der Waals surface area contributed by atoms with E-state index in [-0.39, 0.29) is 4.90 Å². The third-order valence-corrected chi connectivity index (χ3v) is 6.35. The van der Waals surface area contributed by atoms with Gasteiger partial charge in [-0.3, -0.25) is 4.79 Å². The normalized spacial score (nSPS) is 16.1. The van der Waals surface area contributed by atoms with E-state index in [0.29, 0.717) is 31.2 Å². The first-order valence-electron chi connectivity index (χ1n) is 8.88. The molecule has 7 nitrogen and oxygen atoms in total. The Hall–Kier alpha value is -2.13. The Morgan fingerprint density at radius 3 is 2.21 bits per heavy atom. The first kappa shape index (κ1) is 20.6. The summed E-state index contributed by atoms with van der Waals surface area (Å²) < 4.78 is 27.3. The van der Waals surface area contributed by atoms with Gasteiger partial charge in [-0.1, -0.05) is 29.8 Å². The van der Waals surface area contributed by atoms with Crippen molar-refractivity contribution in [2.75, 3.05) is 37.7 Å². The van der Waals surface area contributed by atoms with E-state index in [1.807, 2.05) is 30.3 Å². The summed E-state index contributed by atoms with van der Waals surface area (Å²) >= 11 is 5.78. The van der Waals surface area contributed by atoms with Crippen LogP contribution in [0.25, 0.3) is 0 Å². The topological polar surface area (TPSA) is 89.9 Å². The van der Waals surface area contributed by atoms with Gasteiger partial charge in [0.2, 0.25) is 15.9 Å². The molecule has 2 aromatic carbocycles. The van der Waals surface area contributed by atoms with Crippen molar-refractivity contribution in [2.24, 2.45) is 0 Å². The van der Waals surface area contributed by atoms with Crippen LogP contribution in [0.3, 0.4) is 0 Å². The van der Waals surface area contributed by atoms with Gasteiger partial charge in [0.1, 0.15) is 6.04 Å². The number of benzene rings is 2. The number of carbonyl (C=O) groups is 1. The molecule has 0 saturated carbocycles. The van der Waals surface area contributed by atoms with Crippen molar-refractivity contribution in [3.05, 3.63) is 59.6 Å². The van der Waals surface area contributed by atoms with Crippen molar-refractivity contribution in [1.82, 2.24) is 9.62 Å². The number of sulfonamides is 1. The van der Waals surface area contributed by atoms with Gasteiger partial charge in [-0.2, -0.15) is 4.72 Å². The Kier molecular flexibility index (Phi) is 6.56. The highest BCUT2D eigenvalue weighted by atomic mass is 35.5. The molecule has 0 spiro atoms. The zero-order valence-electron chi connectivity index (χ0n) is 15.2. The van der Waals surface area contributed by atoms with E-state index in [0.717, 1.165) is 5.69 Å². The predicted octanol–water partition coefficient (Wildman–Crippen LogP) is 1.33. The molecule has 0 radical (unpaired) electrons. The summed E-state index contributed by atoms with van der Waals surface area (Å²) in [6.07, 6.45) is 0. The van der Waals surface area contributed by atoms with Crippen molar-refractivity contribution in [3.63, 3.8) is 0 Å². The number of hydrogen-bond acceptors (Lipinski definition) is 5. The van der Waals surface area contributed by atoms with E-state index in [4.69, 9.17) is 11.6 Å². The molecule has 3 rings (SSSR count). The van der Waals surface area contributed by atoms with Crippen LogP contribution in [0.4, 0.5) is 5.69 Å². The molecule has 0 aromatic heterocycles. The van der Waals surface area contributed by atoms with Crippen LogP contribution in [-0.4, -0.2) is 63.2 Å². The number of para-hydroxylation sites is 1. The van der Waals surface area contributed by atoms with Crippen LogP contribution in [0.5, 0.6) is 0 Å². The van der Waals surface area contributed by atoms with Gasteiger partial charge in [0.05, 0.1) is 11.5 Å². The van der Waals surface area contributed by atoms with Gasteiger partial charge in [0, 0.05) is 36.9 Å². The van der Waals surface area contributed by atoms with E-state index in [9.17, 15) is 18.3 Å². The number of nitrogens with one attached hydrogen (secondary N) is 1. The molecular weight excluding hydrogens is 402 g/mol. The number of amides is 1. The second-order valence-corrected chi connectivity index (χ2v) is 8.61. The van der Waals surface area contributed by atoms with Crippen LogP contribution in [-0.2, 0) is 14.8 Å². The van der Waals surface area contributed by atoms with Crippen LogP contribution in [0.2, 0.25) is 5.02 Å². The predicted molar refractivity (Wildman–Crippen MR) is 108 cm³/mol. The summed E-state index contributed by atoms with van der Waals surface area (Å²) in [6, 6.07) is 14.3. The van der Waals surface area contributed by atoms with Crippen molar-refractivity contribution < 1.29 is 18.3 Å². The number of rotatable bonds is 6. The van der Waals surface area contributed by atoms with Gasteiger partial charge < -0.3 is 14.9 Å². The highest BCUT2D eigenvalue weighted by Crippen LogP contribution is 2.17. The fourth-order valence-electron chi connectivity index (χ4n) is 3.08. The van der Waals surface area contributed by atoms with Crippen LogP contribution >= 0.6 is 11.6 Å². The Bertz CT molecular complexity index is 899. The SMILES string of the molecule is O=C([C@H](CO)NS(=O)(=O)c1ccc(Cl)cc1)N1CCN(c2ccccc2)CC1. The Labute approximate surface area is 169 Å². The molecule has 2 N–H and O–H groups in total. The van der Waals surface area contributed by atoms with E-state index in [2.05, 4.69) is 9.62 Å². The molecule has 0 unspecified atom stereocenters. The number of aliphatic hydroxyl groups excluding tert-OH is 1. The molecule has 0 aliphatic carbocycles. The molecule has 1 aliphatic rings. The summed E-state index contributed by atoms with van der Waals surface area (Å²) in [5, 5.41) is 10.0. The average molecular weight is 424 g/mol. The number of carbonyl (C=O) groups excluding carboxylic acids is 1. The minimum absolute atomic E-state index is 0.0166. The van der Waals surface area contributed by atoms with Crippen LogP contribution < -0.4 is 9.62 Å². The van der Waals surface area contributed by atoms with Gasteiger partial charge in [0.15, 0.2) is 0 Å². The van der Waals surface area contributed by atoms with E-state index in [1.54, 1.807) is 4.90 Å². The largest absolute Gasteiger partial charge is 0.394 e. The third-order valence-electron chi connectivity index (χ3n) is 4.61. The highest BCUT2D eigenvalue weighted by molar-refractivity contribution is 7.89. The molecule has 0 bridgehead atoms. The molecule has 28 heavy (non-hydrogen) atoms. The van der Waals surface area contributed by atoms with Crippen LogP contribution in [0.15, 0.2) is 59.5 Å². The average Bonchev–Trinajstić information content (AvgIpc) is 2.72. The summed E-state index contributed by atoms with van der Waals surface area (Å²) in [6.45, 7) is 1.56. The van der Waals surface area contributed by atoms with Gasteiger partial charge in [-0.05, 0) is 36.4 Å². The maximum atomic E-state index is 12.7. The number of aliphatic hydroxyl groups is 1. The smallest absolute Gasteiger partial charge is 0.243 e. The second kappa shape index (κ2) is 8.91. The molecule has 1 aliphatic heterocycles. The number of piperazine rings is 1. The summed E-state index contributed by atoms with van der Waals surface area (Å²) in [5.41, 5.74) is 1.08. The molecule has 150 valence electrons. The van der Waals surface area contributed by atoms with Crippen LogP contribution in [0.1, 0.15) is 0 Å². The minimum atomic E-state index is -3.95. The van der Waals surface area contributed by atoms with E-state index in [1.165, 1.54) is 24.3 Å². The fourth-order valence-corrected chi connectivity index (χ4v) is 4.39. The van der Waals surface area contributed by atoms with Gasteiger partial charge in [-0.15, -0.1) is 0 Å². The maximum Gasteiger partial charge on any atom is 0.243 e. The molecule has 1 heterocycles. The van der Waals surface area contributed by atoms with Gasteiger partial charge in [0.25, 0.3) is 0 Å². The lowest BCUT2D eigenvalue weighted by Crippen LogP contribution is -2.56. The van der Waals surface area contributed by atoms with Crippen molar-refractivity contribution in [1.29, 1.82) is 0 Å². The highest BCUT2D eigenvalue weighted by Gasteiger charge is 2.30. The molecule has 1 amide bonds. The first-order chi connectivity index (χ1) is 13.4. The summed E-state index contributed by atoms with van der Waals surface area (Å²) in [4.78, 5) is 16.5. The first-order valence-corrected chi connectivity index (χ1v) is 10.7. The molecular formula is C19H22ClN3O4S. The Morgan fingerprint density at radius 1 is 1.04 bits per heavy atom. The van der Waals surface area contributed by atoms with E-state index >= 15 is 0 Å². The zero-order valence-corrected chi connectivity index (χ0v) is 16.7. The number of halogens is 1. The van der Waals surface area contributed by atoms with Gasteiger partial charge in [-0.25, -0.2) is 8.42 Å². The third kappa shape index (κ3) is 4.82. The number of hydrogen-bond donors (Lipinski definition) is 2. The minimum Gasteiger partial charge on any atom is -0.394 e.